The molecule has 1 fully saturated rings. The van der Waals surface area contributed by atoms with E-state index >= 15 is 0 Å². The highest BCUT2D eigenvalue weighted by Crippen LogP contribution is 2.13. The maximum absolute atomic E-state index is 10.6. The minimum atomic E-state index is -5.08. The van der Waals surface area contributed by atoms with Crippen LogP contribution in [0, 0.1) is 0 Å². The summed E-state index contributed by atoms with van der Waals surface area (Å²) < 4.78 is 31.7. The molecule has 15 heavy (non-hydrogen) atoms. The molecule has 0 bridgehead atoms. The fourth-order valence-electron chi connectivity index (χ4n) is 0.523. The topological polar surface area (TPSA) is 95.5 Å². The Labute approximate surface area is 81.4 Å². The van der Waals surface area contributed by atoms with E-state index in [1.54, 1.807) is 0 Å². The Balaban J connectivity index is 0.000000265. The maximum atomic E-state index is 10.6. The maximum Gasteiger partial charge on any atom is 0.490 e. The van der Waals surface area contributed by atoms with Crippen molar-refractivity contribution in [2.75, 3.05) is 6.54 Å². The summed E-state index contributed by atoms with van der Waals surface area (Å²) in [6.45, 7) is 0.463. The fourth-order valence-corrected chi connectivity index (χ4v) is 0.523. The average Bonchev–Trinajstić information content (AvgIpc) is 2.02. The van der Waals surface area contributed by atoms with Crippen LogP contribution < -0.4 is 10.6 Å². The first-order valence-corrected chi connectivity index (χ1v) is 3.61. The van der Waals surface area contributed by atoms with Crippen molar-refractivity contribution >= 4 is 17.9 Å². The van der Waals surface area contributed by atoms with Crippen LogP contribution in [-0.4, -0.2) is 35.7 Å². The molecule has 0 unspecified atom stereocenters. The Morgan fingerprint density at radius 2 is 1.80 bits per heavy atom. The van der Waals surface area contributed by atoms with Gasteiger partial charge in [-0.1, -0.05) is 0 Å². The first-order valence-electron chi connectivity index (χ1n) is 3.61. The fraction of sp³-hybridized carbons (Fsp3) is 0.500. The number of amides is 3. The van der Waals surface area contributed by atoms with Crippen molar-refractivity contribution < 1.29 is 32.7 Å². The second-order valence-corrected chi connectivity index (χ2v) is 2.36. The number of halogens is 3. The molecule has 9 heteroatoms. The van der Waals surface area contributed by atoms with Gasteiger partial charge >= 0.3 is 18.2 Å². The summed E-state index contributed by atoms with van der Waals surface area (Å²) in [4.78, 5) is 29.4. The standard InChI is InChI=1S/C4H6N2O2.C2HF3O2/c7-3-1-2-5-4(8)6-3;3-2(4,5)1(6)7/h1-2H2,(H2,5,6,7,8);(H,6,7). The van der Waals surface area contributed by atoms with Gasteiger partial charge in [-0.3, -0.25) is 10.1 Å². The highest BCUT2D eigenvalue weighted by atomic mass is 19.4. The second kappa shape index (κ2) is 5.17. The molecule has 0 atom stereocenters. The third-order valence-electron chi connectivity index (χ3n) is 1.13. The van der Waals surface area contributed by atoms with E-state index < -0.39 is 12.1 Å². The molecule has 1 heterocycles. The van der Waals surface area contributed by atoms with Gasteiger partial charge in [0.05, 0.1) is 0 Å². The molecule has 86 valence electrons. The van der Waals surface area contributed by atoms with Crippen LogP contribution in [-0.2, 0) is 9.59 Å². The van der Waals surface area contributed by atoms with Crippen LogP contribution in [0.4, 0.5) is 18.0 Å². The van der Waals surface area contributed by atoms with Gasteiger partial charge in [0.15, 0.2) is 0 Å². The molecule has 1 aliphatic heterocycles. The van der Waals surface area contributed by atoms with Gasteiger partial charge in [-0.05, 0) is 0 Å². The van der Waals surface area contributed by atoms with Crippen LogP contribution in [0.1, 0.15) is 6.42 Å². The monoisotopic (exact) mass is 228 g/mol. The van der Waals surface area contributed by atoms with E-state index in [4.69, 9.17) is 9.90 Å². The molecular weight excluding hydrogens is 221 g/mol. The van der Waals surface area contributed by atoms with Crippen LogP contribution in [0.2, 0.25) is 0 Å². The number of nitrogens with one attached hydrogen (secondary N) is 2. The molecule has 0 aromatic rings. The number of aliphatic carboxylic acids is 1. The molecule has 0 saturated carbocycles. The Morgan fingerprint density at radius 3 is 2.00 bits per heavy atom. The van der Waals surface area contributed by atoms with Crippen molar-refractivity contribution in [2.45, 2.75) is 12.6 Å². The number of alkyl halides is 3. The van der Waals surface area contributed by atoms with Crippen molar-refractivity contribution in [3.63, 3.8) is 0 Å². The molecule has 1 aliphatic rings. The summed E-state index contributed by atoms with van der Waals surface area (Å²) in [5.74, 6) is -2.96. The number of rotatable bonds is 0. The number of carbonyl (C=O) groups is 3. The second-order valence-electron chi connectivity index (χ2n) is 2.36. The van der Waals surface area contributed by atoms with Gasteiger partial charge in [-0.2, -0.15) is 13.2 Å². The first kappa shape index (κ1) is 13.2. The molecule has 0 aromatic carbocycles. The van der Waals surface area contributed by atoms with Crippen LogP contribution in [0.3, 0.4) is 0 Å². The summed E-state index contributed by atoms with van der Waals surface area (Å²) in [5, 5.41) is 11.7. The summed E-state index contributed by atoms with van der Waals surface area (Å²) in [7, 11) is 0. The average molecular weight is 228 g/mol. The zero-order chi connectivity index (χ0) is 12.1. The number of imide groups is 1. The van der Waals surface area contributed by atoms with Gasteiger partial charge < -0.3 is 10.4 Å². The molecule has 3 N–H and O–H groups in total. The number of carboxylic acids is 1. The molecule has 3 amide bonds. The van der Waals surface area contributed by atoms with E-state index in [2.05, 4.69) is 10.6 Å². The van der Waals surface area contributed by atoms with Crippen LogP contribution >= 0.6 is 0 Å². The van der Waals surface area contributed by atoms with E-state index in [9.17, 15) is 22.8 Å². The predicted molar refractivity (Wildman–Crippen MR) is 39.8 cm³/mol. The smallest absolute Gasteiger partial charge is 0.475 e. The zero-order valence-electron chi connectivity index (χ0n) is 7.22. The lowest BCUT2D eigenvalue weighted by Crippen LogP contribution is -2.46. The highest BCUT2D eigenvalue weighted by Gasteiger charge is 2.38. The lowest BCUT2D eigenvalue weighted by atomic mass is 10.3. The zero-order valence-corrected chi connectivity index (χ0v) is 7.22. The van der Waals surface area contributed by atoms with Crippen LogP contribution in [0.5, 0.6) is 0 Å². The summed E-state index contributed by atoms with van der Waals surface area (Å²) >= 11 is 0. The molecular formula is C6H7F3N2O4. The lowest BCUT2D eigenvalue weighted by Gasteiger charge is -2.10. The van der Waals surface area contributed by atoms with Crippen LogP contribution in [0.25, 0.3) is 0 Å². The molecule has 0 radical (unpaired) electrons. The summed E-state index contributed by atoms with van der Waals surface area (Å²) in [6, 6.07) is -0.388. The van der Waals surface area contributed by atoms with Gasteiger partial charge in [-0.15, -0.1) is 0 Å². The lowest BCUT2D eigenvalue weighted by molar-refractivity contribution is -0.192. The van der Waals surface area contributed by atoms with Gasteiger partial charge in [0, 0.05) is 13.0 Å². The molecule has 6 nitrogen and oxygen atoms in total. The summed E-state index contributed by atoms with van der Waals surface area (Å²) in [5.41, 5.74) is 0. The van der Waals surface area contributed by atoms with Gasteiger partial charge in [0.25, 0.3) is 0 Å². The molecule has 0 spiro atoms. The molecule has 1 saturated heterocycles. The van der Waals surface area contributed by atoms with Crippen molar-refractivity contribution in [1.82, 2.24) is 10.6 Å². The van der Waals surface area contributed by atoms with Gasteiger partial charge in [0.2, 0.25) is 5.91 Å². The van der Waals surface area contributed by atoms with E-state index in [1.165, 1.54) is 0 Å². The Kier molecular flexibility index (Phi) is 4.55. The number of hydrogen-bond donors (Lipinski definition) is 3. The Hall–Kier alpha value is -1.80. The molecule has 0 aromatic heterocycles. The van der Waals surface area contributed by atoms with E-state index in [1.807, 2.05) is 0 Å². The first-order chi connectivity index (χ1) is 6.73. The van der Waals surface area contributed by atoms with Crippen LogP contribution in [0.15, 0.2) is 0 Å². The van der Waals surface area contributed by atoms with E-state index in [0.717, 1.165) is 0 Å². The van der Waals surface area contributed by atoms with Crippen molar-refractivity contribution in [2.24, 2.45) is 0 Å². The highest BCUT2D eigenvalue weighted by molar-refractivity contribution is 5.96. The van der Waals surface area contributed by atoms with Gasteiger partial charge in [0.1, 0.15) is 0 Å². The van der Waals surface area contributed by atoms with E-state index in [0.29, 0.717) is 13.0 Å². The van der Waals surface area contributed by atoms with Crippen molar-refractivity contribution in [1.29, 1.82) is 0 Å². The van der Waals surface area contributed by atoms with E-state index in [-0.39, 0.29) is 11.9 Å². The largest absolute Gasteiger partial charge is 0.490 e. The number of urea groups is 1. The number of carbonyl (C=O) groups excluding carboxylic acids is 2. The molecule has 0 aliphatic carbocycles. The molecule has 1 rings (SSSR count). The normalized spacial score (nSPS) is 15.7. The third-order valence-corrected chi connectivity index (χ3v) is 1.13. The quantitative estimate of drug-likeness (QED) is 0.537. The number of hydrogen-bond acceptors (Lipinski definition) is 3. The number of carboxylic acid groups (broad SMARTS) is 1. The SMILES string of the molecule is O=C(O)C(F)(F)F.O=C1CCNC(=O)N1. The summed E-state index contributed by atoms with van der Waals surface area (Å²) in [6.07, 6.45) is -4.69. The van der Waals surface area contributed by atoms with Crippen molar-refractivity contribution in [3.05, 3.63) is 0 Å². The predicted octanol–water partition coefficient (Wildman–Crippen LogP) is -0.151. The van der Waals surface area contributed by atoms with Crippen molar-refractivity contribution in [3.8, 4) is 0 Å². The minimum absolute atomic E-state index is 0.200. The minimum Gasteiger partial charge on any atom is -0.475 e. The third kappa shape index (κ3) is 6.29. The Morgan fingerprint density at radius 1 is 1.33 bits per heavy atom. The Bertz CT molecular complexity index is 262. The van der Waals surface area contributed by atoms with Gasteiger partial charge in [-0.25, -0.2) is 9.59 Å².